The Labute approximate surface area is 598 Å². The molecular weight excluding hydrogens is 1270 g/mol. The van der Waals surface area contributed by atoms with Crippen molar-refractivity contribution in [2.24, 2.45) is 5.89 Å². The van der Waals surface area contributed by atoms with Gasteiger partial charge in [0.05, 0.1) is 22.1 Å². The molecule has 0 spiro atoms. The van der Waals surface area contributed by atoms with Crippen molar-refractivity contribution in [1.29, 1.82) is 0 Å². The number of aromatic nitrogens is 4. The third-order valence-corrected chi connectivity index (χ3v) is 15.7. The molecule has 8 aromatic rings. The molecule has 10 rings (SSSR count). The molecule has 0 radical (unpaired) electrons. The van der Waals surface area contributed by atoms with Crippen molar-refractivity contribution in [1.82, 2.24) is 38.7 Å². The fourth-order valence-corrected chi connectivity index (χ4v) is 10.7. The lowest BCUT2D eigenvalue weighted by Crippen LogP contribution is -2.40. The van der Waals surface area contributed by atoms with Crippen LogP contribution in [-0.4, -0.2) is 102 Å². The smallest absolute Gasteiger partial charge is 0.336 e. The van der Waals surface area contributed by atoms with Crippen LogP contribution < -0.4 is 11.1 Å². The van der Waals surface area contributed by atoms with E-state index in [1.807, 2.05) is 0 Å². The summed E-state index contributed by atoms with van der Waals surface area (Å²) >= 11 is 0.0753. The predicted molar refractivity (Wildman–Crippen MR) is 358 cm³/mol. The molecule has 0 N–H and O–H groups in total. The van der Waals surface area contributed by atoms with Crippen molar-refractivity contribution < 1.29 is 84.5 Å². The Morgan fingerprint density at radius 3 is 1.25 bits per heavy atom. The van der Waals surface area contributed by atoms with Gasteiger partial charge in [0.2, 0.25) is 11.8 Å². The number of amides is 2. The molecule has 0 saturated heterocycles. The average molecular weight is 1380 g/mol. The highest BCUT2D eigenvalue weighted by Gasteiger charge is 2.33. The van der Waals surface area contributed by atoms with Crippen molar-refractivity contribution in [2.45, 2.75) is 127 Å². The Kier molecular flexibility index (Phi) is 14.4. The number of thioether (sulfide) groups is 2. The van der Waals surface area contributed by atoms with Gasteiger partial charge in [-0.05, 0) is 157 Å². The van der Waals surface area contributed by atoms with Gasteiger partial charge in [-0.2, -0.15) is 36.3 Å². The van der Waals surface area contributed by atoms with E-state index in [0.29, 0.717) is 36.0 Å². The fourth-order valence-electron chi connectivity index (χ4n) is 9.23. The van der Waals surface area contributed by atoms with Gasteiger partial charge in [-0.1, -0.05) is 155 Å². The SMILES string of the molecule is [2H]C([2H])(Sc1nc(=O)c2c(n1C([2H])([2H])C(=O)N(Cc1ccc(-c3ccc(C(F)(F)F)cc3)cc1)C([2H])([2H])C([2H])([2H])N(C([2H])([2H])C)C([2H])([2H])C)C([2H])([2H])C([2H])(C)C2([2H])[2H])c1ccc(F)cc1.[2H]C([2H])(Sc1nc(=O)c2c(n1C([2H])([2H])C(=O)N(Cc1ccc(-c3ccc(C(F)(F)F)cc3)cc1)C([2H])([2H])C([2H])([2H])N(C([2H])([2H])C)C([2H])([2H])C)CCC2)c1ccc(F)cc1. The molecule has 0 fully saturated rings. The van der Waals surface area contributed by atoms with E-state index in [1.54, 1.807) is 0 Å². The first kappa shape index (κ1) is 41.9. The van der Waals surface area contributed by atoms with Crippen LogP contribution in [0.3, 0.4) is 0 Å². The number of nitrogens with zero attached hydrogens (tertiary/aromatic N) is 8. The van der Waals surface area contributed by atoms with Gasteiger partial charge in [0.25, 0.3) is 11.1 Å². The summed E-state index contributed by atoms with van der Waals surface area (Å²) in [4.78, 5) is 64.2. The minimum atomic E-state index is -4.65. The Morgan fingerprint density at radius 1 is 0.516 bits per heavy atom. The van der Waals surface area contributed by atoms with Gasteiger partial charge in [-0.25, -0.2) is 8.78 Å². The van der Waals surface area contributed by atoms with Crippen molar-refractivity contribution in [2.75, 3.05) is 52.0 Å². The van der Waals surface area contributed by atoms with Gasteiger partial charge in [-0.3, -0.25) is 19.2 Å². The standard InChI is InChI=1S/C37H40F4N4O2S.C36H38F4N4O2S/c1-4-43(5-2)18-19-44(22-26-6-10-28(11-7-26)29-12-14-30(15-13-29)37(39,40)41)34(46)23-45-33-21-25(3)20-32(33)35(47)42-36(45)48-24-27-8-16-31(38)17-9-27;1-3-42(4-2)20-21-43(22-25-8-12-27(13-9-25)28-14-16-29(17-15-28)36(38,39)40)33(45)23-44-32-7-5-6-31(32)34(46)41-35(44)47-24-26-10-18-30(37)19-11-26/h6-17,25H,4-5,18-24H2,1-3H3;8-19H,3-7,20-24H2,1-2H3/i4D2,5D2,18D2,19D2,20D2,21D2,23D2,24D2,25D;3D2,4D2,20D2,21D2,23D2,24D2. The second-order valence-corrected chi connectivity index (χ2v) is 22.0. The zero-order valence-electron chi connectivity index (χ0n) is 79.9. The lowest BCUT2D eigenvalue weighted by molar-refractivity contribution is -0.138. The van der Waals surface area contributed by atoms with Gasteiger partial charge in [0.1, 0.15) is 24.6 Å². The molecule has 2 aliphatic carbocycles. The van der Waals surface area contributed by atoms with Crippen LogP contribution in [0.5, 0.6) is 0 Å². The van der Waals surface area contributed by atoms with E-state index < -0.39 is 188 Å². The molecule has 22 heteroatoms. The van der Waals surface area contributed by atoms with Crippen LogP contribution >= 0.6 is 23.5 Å². The summed E-state index contributed by atoms with van der Waals surface area (Å²) in [7, 11) is 0. The van der Waals surface area contributed by atoms with Crippen LogP contribution in [0.25, 0.3) is 22.3 Å². The van der Waals surface area contributed by atoms with Crippen molar-refractivity contribution >= 4 is 35.3 Å². The van der Waals surface area contributed by atoms with Gasteiger partial charge in [0.15, 0.2) is 10.3 Å². The summed E-state index contributed by atoms with van der Waals surface area (Å²) in [6.45, 7) is -33.7. The largest absolute Gasteiger partial charge is 0.416 e. The molecule has 6 aromatic carbocycles. The molecule has 1 atom stereocenters. The number of carbonyl (C=O) groups excluding carboxylic acids is 2. The van der Waals surface area contributed by atoms with Crippen LogP contribution in [0.4, 0.5) is 35.1 Å². The third-order valence-electron chi connectivity index (χ3n) is 14.1. The highest BCUT2D eigenvalue weighted by Crippen LogP contribution is 2.35. The van der Waals surface area contributed by atoms with Gasteiger partial charge in [0, 0.05) is 102 Å². The average Bonchev–Trinajstić information content (AvgIpc) is 1.51. The number of rotatable bonds is 26. The van der Waals surface area contributed by atoms with Crippen LogP contribution in [0.15, 0.2) is 165 Å². The van der Waals surface area contributed by atoms with Gasteiger partial charge in [-0.15, -0.1) is 0 Å². The lowest BCUT2D eigenvalue weighted by Gasteiger charge is -2.28. The zero-order valence-corrected chi connectivity index (χ0v) is 52.6. The van der Waals surface area contributed by atoms with E-state index in [2.05, 4.69) is 9.97 Å². The van der Waals surface area contributed by atoms with Gasteiger partial charge >= 0.3 is 12.4 Å². The summed E-state index contributed by atoms with van der Waals surface area (Å²) in [5.74, 6) is -8.49. The summed E-state index contributed by atoms with van der Waals surface area (Å²) in [5.41, 5.74) is -11.7. The monoisotopic (exact) mass is 1380 g/mol. The zero-order chi connectivity index (χ0) is 94.0. The van der Waals surface area contributed by atoms with Crippen LogP contribution in [-0.2, 0) is 85.0 Å². The number of alkyl halides is 6. The number of benzene rings is 6. The molecule has 2 aromatic heterocycles. The number of likely N-dealkylation sites (N-methyl/N-ethyl adjacent to an activating group) is 2. The summed E-state index contributed by atoms with van der Waals surface area (Å²) in [6, 6.07) is 26.3. The maximum absolute atomic E-state index is 15.1. The molecule has 2 amide bonds. The highest BCUT2D eigenvalue weighted by atomic mass is 32.2. The normalized spacial score (nSPS) is 21.8. The Bertz CT molecular complexity index is 5400. The minimum absolute atomic E-state index is 0.00152. The second kappa shape index (κ2) is 32.7. The molecule has 502 valence electrons. The minimum Gasteiger partial charge on any atom is -0.336 e. The molecular formula is C73H78F8N8O4S2. The Balaban J connectivity index is 0.000000282. The third kappa shape index (κ3) is 19.2. The second-order valence-electron chi connectivity index (χ2n) is 20.4. The van der Waals surface area contributed by atoms with E-state index in [4.69, 9.17) is 31.5 Å². The molecule has 0 bridgehead atoms. The molecule has 1 unspecified atom stereocenters. The first-order valence-corrected chi connectivity index (χ1v) is 30.2. The van der Waals surface area contributed by atoms with Crippen LogP contribution in [0.1, 0.15) is 137 Å². The van der Waals surface area contributed by atoms with E-state index >= 15 is 4.79 Å². The maximum atomic E-state index is 15.1. The van der Waals surface area contributed by atoms with Crippen LogP contribution in [0.2, 0.25) is 0 Å². The van der Waals surface area contributed by atoms with Crippen molar-refractivity contribution in [3.05, 3.63) is 234 Å². The van der Waals surface area contributed by atoms with Crippen LogP contribution in [0, 0.1) is 17.5 Å². The summed E-state index contributed by atoms with van der Waals surface area (Å²) in [5, 5.41) is -1.84. The number of carbonyl (C=O) groups is 2. The lowest BCUT2D eigenvalue weighted by atomic mass is 10.0. The first-order valence-electron chi connectivity index (χ1n) is 43.1. The number of hydrogen-bond acceptors (Lipinski definition) is 10. The Hall–Kier alpha value is -7.92. The van der Waals surface area contributed by atoms with E-state index in [-0.39, 0.29) is 105 Å². The molecule has 0 aliphatic heterocycles. The number of halogens is 8. The van der Waals surface area contributed by atoms with Gasteiger partial charge < -0.3 is 28.7 Å². The van der Waals surface area contributed by atoms with E-state index in [1.165, 1.54) is 60.7 Å². The van der Waals surface area contributed by atoms with E-state index in [9.17, 15) is 57.7 Å². The molecule has 0 saturated carbocycles. The highest BCUT2D eigenvalue weighted by molar-refractivity contribution is 7.98. The maximum Gasteiger partial charge on any atom is 0.416 e. The molecule has 2 aliphatic rings. The molecule has 95 heavy (non-hydrogen) atoms. The first-order chi connectivity index (χ1) is 56.1. The predicted octanol–water partition coefficient (Wildman–Crippen LogP) is 14.7. The Morgan fingerprint density at radius 2 is 0.874 bits per heavy atom. The number of fused-ring (bicyclic) bond motifs is 2. The topological polar surface area (TPSA) is 117 Å². The number of hydrogen-bond donors (Lipinski definition) is 0. The quantitative estimate of drug-likeness (QED) is 0.0295. The fraction of sp³-hybridized carbons (Fsp3) is 0.370. The summed E-state index contributed by atoms with van der Waals surface area (Å²) in [6.07, 6.45) is -15.6. The molecule has 12 nitrogen and oxygen atoms in total. The van der Waals surface area contributed by atoms with E-state index in [0.717, 1.165) is 106 Å². The van der Waals surface area contributed by atoms with Crippen molar-refractivity contribution in [3.63, 3.8) is 0 Å². The molecule has 2 heterocycles. The van der Waals surface area contributed by atoms with Crippen molar-refractivity contribution in [3.8, 4) is 22.3 Å². The summed E-state index contributed by atoms with van der Waals surface area (Å²) < 4.78 is 363.